The molecular weight excluding hydrogens is 315 g/mol. The molecule has 1 heterocycles. The third-order valence-corrected chi connectivity index (χ3v) is 5.26. The molecular formula is C18H17FO3S. The highest BCUT2D eigenvalue weighted by atomic mass is 32.1. The zero-order chi connectivity index (χ0) is 16.4. The van der Waals surface area contributed by atoms with Gasteiger partial charge in [-0.25, -0.2) is 9.18 Å². The minimum Gasteiger partial charge on any atom is -0.453 e. The first-order valence-electron chi connectivity index (χ1n) is 7.61. The van der Waals surface area contributed by atoms with E-state index in [0.29, 0.717) is 10.8 Å². The molecule has 1 aliphatic carbocycles. The molecule has 2 aromatic rings. The molecule has 0 bridgehead atoms. The van der Waals surface area contributed by atoms with E-state index in [1.165, 1.54) is 40.0 Å². The van der Waals surface area contributed by atoms with Gasteiger partial charge < -0.3 is 4.74 Å². The second kappa shape index (κ2) is 6.62. The number of rotatable bonds is 4. The summed E-state index contributed by atoms with van der Waals surface area (Å²) in [6.07, 6.45) is 3.10. The molecule has 1 aromatic carbocycles. The number of thiophene rings is 1. The summed E-state index contributed by atoms with van der Waals surface area (Å²) in [6.45, 7) is 1.75. The Balaban J connectivity index is 1.64. The lowest BCUT2D eigenvalue weighted by molar-refractivity contribution is 0.0478. The van der Waals surface area contributed by atoms with Crippen LogP contribution in [0.25, 0.3) is 0 Å². The number of fused-ring (bicyclic) bond motifs is 1. The van der Waals surface area contributed by atoms with Crippen LogP contribution in [0.2, 0.25) is 0 Å². The first kappa shape index (κ1) is 15.9. The van der Waals surface area contributed by atoms with Crippen molar-refractivity contribution in [1.82, 2.24) is 0 Å². The molecule has 0 amide bonds. The smallest absolute Gasteiger partial charge is 0.348 e. The average Bonchev–Trinajstić information content (AvgIpc) is 2.95. The van der Waals surface area contributed by atoms with E-state index in [-0.39, 0.29) is 5.56 Å². The highest BCUT2D eigenvalue weighted by Gasteiger charge is 2.22. The largest absolute Gasteiger partial charge is 0.453 e. The summed E-state index contributed by atoms with van der Waals surface area (Å²) in [7, 11) is 0. The molecule has 3 nitrogen and oxygen atoms in total. The minimum atomic E-state index is -0.603. The number of ether oxygens (including phenoxy) is 1. The summed E-state index contributed by atoms with van der Waals surface area (Å²) in [5.74, 6) is -1.02. The van der Waals surface area contributed by atoms with Gasteiger partial charge in [0.1, 0.15) is 10.7 Å². The van der Waals surface area contributed by atoms with Gasteiger partial charge in [0, 0.05) is 4.88 Å². The fourth-order valence-corrected chi connectivity index (χ4v) is 3.88. The molecule has 1 aromatic heterocycles. The molecule has 23 heavy (non-hydrogen) atoms. The van der Waals surface area contributed by atoms with Gasteiger partial charge in [0.25, 0.3) is 0 Å². The van der Waals surface area contributed by atoms with E-state index in [1.54, 1.807) is 6.07 Å². The van der Waals surface area contributed by atoms with Crippen LogP contribution in [0.5, 0.6) is 0 Å². The van der Waals surface area contributed by atoms with Crippen molar-refractivity contribution < 1.29 is 18.7 Å². The van der Waals surface area contributed by atoms with Gasteiger partial charge in [-0.1, -0.05) is 19.1 Å². The van der Waals surface area contributed by atoms with Gasteiger partial charge in [0.2, 0.25) is 5.78 Å². The van der Waals surface area contributed by atoms with Crippen LogP contribution in [0.4, 0.5) is 4.39 Å². The molecule has 1 unspecified atom stereocenters. The van der Waals surface area contributed by atoms with E-state index in [2.05, 4.69) is 6.92 Å². The standard InChI is InChI=1S/C18H17FO3S/c1-11-6-7-16-12(8-11)9-17(23-16)18(21)22-10-15(20)13-4-2-3-5-14(13)19/h2-5,9,11H,6-8,10H2,1H3. The van der Waals surface area contributed by atoms with Crippen molar-refractivity contribution in [2.45, 2.75) is 26.2 Å². The van der Waals surface area contributed by atoms with E-state index in [9.17, 15) is 14.0 Å². The molecule has 1 atom stereocenters. The molecule has 5 heteroatoms. The number of aryl methyl sites for hydroxylation is 1. The van der Waals surface area contributed by atoms with Crippen molar-refractivity contribution >= 4 is 23.1 Å². The van der Waals surface area contributed by atoms with E-state index in [0.717, 1.165) is 19.3 Å². The number of carbonyl (C=O) groups is 2. The second-order valence-corrected chi connectivity index (χ2v) is 7.02. The van der Waals surface area contributed by atoms with E-state index < -0.39 is 24.2 Å². The molecule has 0 fully saturated rings. The van der Waals surface area contributed by atoms with Gasteiger partial charge in [0.15, 0.2) is 6.61 Å². The van der Waals surface area contributed by atoms with Crippen LogP contribution in [-0.4, -0.2) is 18.4 Å². The number of carbonyl (C=O) groups excluding carboxylic acids is 2. The van der Waals surface area contributed by atoms with Gasteiger partial charge in [-0.3, -0.25) is 4.79 Å². The number of esters is 1. The van der Waals surface area contributed by atoms with E-state index in [1.807, 2.05) is 6.07 Å². The molecule has 120 valence electrons. The predicted octanol–water partition coefficient (Wildman–Crippen LogP) is 4.05. The summed E-state index contributed by atoms with van der Waals surface area (Å²) in [5, 5.41) is 0. The predicted molar refractivity (Wildman–Crippen MR) is 86.5 cm³/mol. The third-order valence-electron chi connectivity index (χ3n) is 4.04. The van der Waals surface area contributed by atoms with Gasteiger partial charge >= 0.3 is 5.97 Å². The Morgan fingerprint density at radius 3 is 2.91 bits per heavy atom. The average molecular weight is 332 g/mol. The van der Waals surface area contributed by atoms with Crippen LogP contribution in [0, 0.1) is 11.7 Å². The fraction of sp³-hybridized carbons (Fsp3) is 0.333. The van der Waals surface area contributed by atoms with Gasteiger partial charge in [0.05, 0.1) is 5.56 Å². The molecule has 3 rings (SSSR count). The van der Waals surface area contributed by atoms with Crippen LogP contribution >= 0.6 is 11.3 Å². The number of Topliss-reactive ketones (excluding diaryl/α,β-unsaturated/α-hetero) is 1. The van der Waals surface area contributed by atoms with E-state index >= 15 is 0 Å². The van der Waals surface area contributed by atoms with Crippen molar-refractivity contribution in [1.29, 1.82) is 0 Å². The Kier molecular flexibility index (Phi) is 4.57. The highest BCUT2D eigenvalue weighted by Crippen LogP contribution is 2.32. The Morgan fingerprint density at radius 2 is 2.13 bits per heavy atom. The Hall–Kier alpha value is -2.01. The summed E-state index contributed by atoms with van der Waals surface area (Å²) < 4.78 is 18.6. The summed E-state index contributed by atoms with van der Waals surface area (Å²) >= 11 is 1.44. The summed E-state index contributed by atoms with van der Waals surface area (Å²) in [6, 6.07) is 7.55. The number of hydrogen-bond acceptors (Lipinski definition) is 4. The first-order chi connectivity index (χ1) is 11.0. The molecule has 0 aliphatic heterocycles. The highest BCUT2D eigenvalue weighted by molar-refractivity contribution is 7.14. The fourth-order valence-electron chi connectivity index (χ4n) is 2.77. The molecule has 0 saturated heterocycles. The molecule has 0 N–H and O–H groups in total. The lowest BCUT2D eigenvalue weighted by atomic mass is 9.90. The van der Waals surface area contributed by atoms with Crippen molar-refractivity contribution in [2.24, 2.45) is 5.92 Å². The Morgan fingerprint density at radius 1 is 1.35 bits per heavy atom. The zero-order valence-electron chi connectivity index (χ0n) is 12.8. The molecule has 0 radical (unpaired) electrons. The van der Waals surface area contributed by atoms with Crippen LogP contribution < -0.4 is 0 Å². The molecule has 0 spiro atoms. The van der Waals surface area contributed by atoms with Gasteiger partial charge in [-0.05, 0) is 48.9 Å². The van der Waals surface area contributed by atoms with Crippen LogP contribution in [-0.2, 0) is 17.6 Å². The quantitative estimate of drug-likeness (QED) is 0.626. The SMILES string of the molecule is CC1CCc2sc(C(=O)OCC(=O)c3ccccc3F)cc2C1. The van der Waals surface area contributed by atoms with Crippen molar-refractivity contribution in [3.8, 4) is 0 Å². The van der Waals surface area contributed by atoms with Crippen molar-refractivity contribution in [3.63, 3.8) is 0 Å². The zero-order valence-corrected chi connectivity index (χ0v) is 13.6. The lowest BCUT2D eigenvalue weighted by Crippen LogP contribution is -2.14. The van der Waals surface area contributed by atoms with Crippen molar-refractivity contribution in [2.75, 3.05) is 6.61 Å². The Labute approximate surface area is 138 Å². The topological polar surface area (TPSA) is 43.4 Å². The van der Waals surface area contributed by atoms with Gasteiger partial charge in [-0.15, -0.1) is 11.3 Å². The maximum atomic E-state index is 13.5. The van der Waals surface area contributed by atoms with Crippen LogP contribution in [0.1, 0.15) is 43.8 Å². The van der Waals surface area contributed by atoms with Crippen LogP contribution in [0.15, 0.2) is 30.3 Å². The Bertz CT molecular complexity index is 750. The summed E-state index contributed by atoms with van der Waals surface area (Å²) in [5.41, 5.74) is 1.15. The number of hydrogen-bond donors (Lipinski definition) is 0. The maximum Gasteiger partial charge on any atom is 0.348 e. The van der Waals surface area contributed by atoms with Gasteiger partial charge in [-0.2, -0.15) is 0 Å². The van der Waals surface area contributed by atoms with E-state index in [4.69, 9.17) is 4.74 Å². The number of ketones is 1. The normalized spacial score (nSPS) is 16.7. The third kappa shape index (κ3) is 3.50. The monoisotopic (exact) mass is 332 g/mol. The van der Waals surface area contributed by atoms with Crippen molar-refractivity contribution in [3.05, 3.63) is 57.0 Å². The number of halogens is 1. The molecule has 0 saturated carbocycles. The summed E-state index contributed by atoms with van der Waals surface area (Å²) in [4.78, 5) is 25.8. The number of benzene rings is 1. The maximum absolute atomic E-state index is 13.5. The second-order valence-electron chi connectivity index (χ2n) is 5.89. The minimum absolute atomic E-state index is 0.0559. The lowest BCUT2D eigenvalue weighted by Gasteiger charge is -2.16. The van der Waals surface area contributed by atoms with Crippen LogP contribution in [0.3, 0.4) is 0 Å². The molecule has 1 aliphatic rings. The first-order valence-corrected chi connectivity index (χ1v) is 8.42.